The number of rotatable bonds is 5. The molecule has 1 aromatic carbocycles. The Balaban J connectivity index is 0.00000288. The van der Waals surface area contributed by atoms with Crippen molar-refractivity contribution in [3.63, 3.8) is 0 Å². The van der Waals surface area contributed by atoms with Crippen LogP contribution in [0.25, 0.3) is 0 Å². The van der Waals surface area contributed by atoms with Crippen LogP contribution in [-0.2, 0) is 12.0 Å². The molecule has 0 fully saturated rings. The van der Waals surface area contributed by atoms with Gasteiger partial charge in [-0.3, -0.25) is 9.98 Å². The third-order valence-electron chi connectivity index (χ3n) is 4.02. The van der Waals surface area contributed by atoms with Gasteiger partial charge in [0.15, 0.2) is 5.96 Å². The van der Waals surface area contributed by atoms with Crippen LogP contribution in [0.2, 0.25) is 0 Å². The lowest BCUT2D eigenvalue weighted by molar-refractivity contribution is 0.508. The van der Waals surface area contributed by atoms with E-state index in [9.17, 15) is 0 Å². The summed E-state index contributed by atoms with van der Waals surface area (Å²) in [4.78, 5) is 8.69. The smallest absolute Gasteiger partial charge is 0.191 e. The van der Waals surface area contributed by atoms with Crippen LogP contribution in [0.4, 0.5) is 0 Å². The second-order valence-electron chi connectivity index (χ2n) is 6.30. The summed E-state index contributed by atoms with van der Waals surface area (Å²) < 4.78 is 0. The van der Waals surface area contributed by atoms with Crippen molar-refractivity contribution in [1.82, 2.24) is 15.6 Å². The summed E-state index contributed by atoms with van der Waals surface area (Å²) >= 11 is 0. The first-order valence-corrected chi connectivity index (χ1v) is 7.93. The molecule has 0 aliphatic carbocycles. The molecule has 0 atom stereocenters. The Morgan fingerprint density at radius 2 is 1.79 bits per heavy atom. The molecule has 0 spiro atoms. The molecule has 0 radical (unpaired) electrons. The molecule has 0 amide bonds. The van der Waals surface area contributed by atoms with Gasteiger partial charge in [0.1, 0.15) is 0 Å². The zero-order chi connectivity index (χ0) is 16.7. The summed E-state index contributed by atoms with van der Waals surface area (Å²) in [5.41, 5.74) is 3.56. The molecule has 130 valence electrons. The number of nitrogens with zero attached hydrogens (tertiary/aromatic N) is 2. The highest BCUT2D eigenvalue weighted by Gasteiger charge is 2.20. The van der Waals surface area contributed by atoms with Gasteiger partial charge in [-0.1, -0.05) is 50.2 Å². The molecule has 1 aromatic heterocycles. The van der Waals surface area contributed by atoms with Crippen molar-refractivity contribution in [3.8, 4) is 0 Å². The van der Waals surface area contributed by atoms with Crippen molar-refractivity contribution in [2.24, 2.45) is 4.99 Å². The van der Waals surface area contributed by atoms with Crippen LogP contribution in [0, 0.1) is 6.92 Å². The van der Waals surface area contributed by atoms with E-state index in [1.165, 1.54) is 11.1 Å². The van der Waals surface area contributed by atoms with E-state index < -0.39 is 0 Å². The number of nitrogens with one attached hydrogen (secondary N) is 2. The van der Waals surface area contributed by atoms with Crippen LogP contribution in [0.1, 0.15) is 30.7 Å². The zero-order valence-corrected chi connectivity index (χ0v) is 17.2. The highest BCUT2D eigenvalue weighted by Crippen LogP contribution is 2.21. The number of benzene rings is 1. The maximum Gasteiger partial charge on any atom is 0.191 e. The molecular formula is C19H27IN4. The van der Waals surface area contributed by atoms with Crippen molar-refractivity contribution >= 4 is 29.9 Å². The van der Waals surface area contributed by atoms with E-state index in [1.807, 2.05) is 18.3 Å². The standard InChI is InChI=1S/C19H26N4.HI/c1-15-9-8-12-21-17(15)13-22-18(20-4)23-14-19(2,3)16-10-6-5-7-11-16;/h5-12H,13-14H2,1-4H3,(H2,20,22,23);1H. The molecule has 0 aliphatic heterocycles. The number of hydrogen-bond donors (Lipinski definition) is 2. The van der Waals surface area contributed by atoms with Crippen molar-refractivity contribution < 1.29 is 0 Å². The van der Waals surface area contributed by atoms with E-state index in [2.05, 4.69) is 71.7 Å². The Morgan fingerprint density at radius 1 is 1.08 bits per heavy atom. The van der Waals surface area contributed by atoms with Gasteiger partial charge < -0.3 is 10.6 Å². The van der Waals surface area contributed by atoms with Crippen LogP contribution >= 0.6 is 24.0 Å². The molecule has 1 heterocycles. The summed E-state index contributed by atoms with van der Waals surface area (Å²) in [6.45, 7) is 7.99. The fourth-order valence-corrected chi connectivity index (χ4v) is 2.39. The normalized spacial score (nSPS) is 11.6. The second-order valence-corrected chi connectivity index (χ2v) is 6.30. The van der Waals surface area contributed by atoms with Crippen molar-refractivity contribution in [2.75, 3.05) is 13.6 Å². The number of guanidine groups is 1. The van der Waals surface area contributed by atoms with E-state index >= 15 is 0 Å². The summed E-state index contributed by atoms with van der Waals surface area (Å²) in [6, 6.07) is 14.5. The van der Waals surface area contributed by atoms with Crippen molar-refractivity contribution in [3.05, 3.63) is 65.5 Å². The quantitative estimate of drug-likeness (QED) is 0.426. The SMILES string of the molecule is CN=C(NCc1ncccc1C)NCC(C)(C)c1ccccc1.I. The van der Waals surface area contributed by atoms with E-state index in [1.54, 1.807) is 7.05 Å². The predicted molar refractivity (Wildman–Crippen MR) is 112 cm³/mol. The fourth-order valence-electron chi connectivity index (χ4n) is 2.39. The number of aliphatic imine (C=N–C) groups is 1. The van der Waals surface area contributed by atoms with Crippen LogP contribution in [-0.4, -0.2) is 24.5 Å². The third kappa shape index (κ3) is 5.78. The zero-order valence-electron chi connectivity index (χ0n) is 14.8. The Kier molecular flexibility index (Phi) is 8.18. The Morgan fingerprint density at radius 3 is 2.42 bits per heavy atom. The first kappa shape index (κ1) is 20.4. The van der Waals surface area contributed by atoms with Crippen LogP contribution < -0.4 is 10.6 Å². The minimum Gasteiger partial charge on any atom is -0.356 e. The van der Waals surface area contributed by atoms with Gasteiger partial charge in [0.05, 0.1) is 12.2 Å². The minimum absolute atomic E-state index is 0. The number of hydrogen-bond acceptors (Lipinski definition) is 2. The van der Waals surface area contributed by atoms with Gasteiger partial charge in [0.25, 0.3) is 0 Å². The number of pyridine rings is 1. The molecule has 0 aliphatic rings. The van der Waals surface area contributed by atoms with Crippen molar-refractivity contribution in [1.29, 1.82) is 0 Å². The van der Waals surface area contributed by atoms with Crippen LogP contribution in [0.3, 0.4) is 0 Å². The molecule has 2 aromatic rings. The van der Waals surface area contributed by atoms with Gasteiger partial charge >= 0.3 is 0 Å². The van der Waals surface area contributed by atoms with Gasteiger partial charge in [0.2, 0.25) is 0 Å². The summed E-state index contributed by atoms with van der Waals surface area (Å²) in [5.74, 6) is 0.791. The van der Waals surface area contributed by atoms with Gasteiger partial charge in [-0.05, 0) is 24.1 Å². The lowest BCUT2D eigenvalue weighted by Crippen LogP contribution is -2.43. The molecule has 4 nitrogen and oxygen atoms in total. The highest BCUT2D eigenvalue weighted by atomic mass is 127. The summed E-state index contributed by atoms with van der Waals surface area (Å²) in [7, 11) is 1.79. The maximum atomic E-state index is 4.40. The molecule has 0 unspecified atom stereocenters. The number of halogens is 1. The average Bonchev–Trinajstić information content (AvgIpc) is 2.57. The molecule has 2 N–H and O–H groups in total. The topological polar surface area (TPSA) is 49.3 Å². The van der Waals surface area contributed by atoms with E-state index in [4.69, 9.17) is 0 Å². The van der Waals surface area contributed by atoms with E-state index in [0.717, 1.165) is 18.2 Å². The first-order chi connectivity index (χ1) is 11.0. The molecular weight excluding hydrogens is 411 g/mol. The monoisotopic (exact) mass is 438 g/mol. The fraction of sp³-hybridized carbons (Fsp3) is 0.368. The summed E-state index contributed by atoms with van der Waals surface area (Å²) in [5, 5.41) is 6.74. The minimum atomic E-state index is 0. The van der Waals surface area contributed by atoms with Crippen LogP contribution in [0.15, 0.2) is 53.7 Å². The van der Waals surface area contributed by atoms with Gasteiger partial charge in [0, 0.05) is 25.2 Å². The van der Waals surface area contributed by atoms with E-state index in [-0.39, 0.29) is 29.4 Å². The maximum absolute atomic E-state index is 4.40. The first-order valence-electron chi connectivity index (χ1n) is 7.93. The number of aryl methyl sites for hydroxylation is 1. The molecule has 24 heavy (non-hydrogen) atoms. The summed E-state index contributed by atoms with van der Waals surface area (Å²) in [6.07, 6.45) is 1.82. The number of aromatic nitrogens is 1. The lowest BCUT2D eigenvalue weighted by atomic mass is 9.85. The highest BCUT2D eigenvalue weighted by molar-refractivity contribution is 14.0. The largest absolute Gasteiger partial charge is 0.356 e. The molecule has 0 bridgehead atoms. The van der Waals surface area contributed by atoms with Gasteiger partial charge in [-0.25, -0.2) is 0 Å². The Labute approximate surface area is 162 Å². The van der Waals surface area contributed by atoms with Gasteiger partial charge in [-0.15, -0.1) is 24.0 Å². The van der Waals surface area contributed by atoms with Gasteiger partial charge in [-0.2, -0.15) is 0 Å². The average molecular weight is 438 g/mol. The molecule has 0 saturated heterocycles. The van der Waals surface area contributed by atoms with E-state index in [0.29, 0.717) is 6.54 Å². The second kappa shape index (κ2) is 9.61. The Bertz CT molecular complexity index is 653. The molecule has 0 saturated carbocycles. The predicted octanol–water partition coefficient (Wildman–Crippen LogP) is 3.65. The molecule has 5 heteroatoms. The molecule has 2 rings (SSSR count). The van der Waals surface area contributed by atoms with Crippen LogP contribution in [0.5, 0.6) is 0 Å². The Hall–Kier alpha value is -1.63. The van der Waals surface area contributed by atoms with Crippen molar-refractivity contribution in [2.45, 2.75) is 32.7 Å². The third-order valence-corrected chi connectivity index (χ3v) is 4.02. The lowest BCUT2D eigenvalue weighted by Gasteiger charge is -2.26.